The highest BCUT2D eigenvalue weighted by Gasteiger charge is 2.27. The third-order valence-corrected chi connectivity index (χ3v) is 4.78. The standard InChI is InChI=1S/C20H24F2N4O2/c1-2-3-5-10-23-20(28)18-25-17(16-7-4-6-11-26(16)18)19(27)24-13-8-9-14(21)15(22)12-13/h8-9,12H,2-7,10-11H2,1H3,(H,23,28)(H,24,27). The number of rotatable bonds is 7. The Morgan fingerprint density at radius 1 is 1.14 bits per heavy atom. The highest BCUT2D eigenvalue weighted by molar-refractivity contribution is 6.05. The fourth-order valence-electron chi connectivity index (χ4n) is 3.32. The lowest BCUT2D eigenvalue weighted by molar-refractivity contribution is 0.0937. The van der Waals surface area contributed by atoms with Crippen LogP contribution in [0.2, 0.25) is 0 Å². The van der Waals surface area contributed by atoms with Crippen LogP contribution in [0.3, 0.4) is 0 Å². The number of amides is 2. The van der Waals surface area contributed by atoms with Crippen molar-refractivity contribution in [2.24, 2.45) is 0 Å². The molecule has 1 aromatic carbocycles. The number of aromatic nitrogens is 2. The lowest BCUT2D eigenvalue weighted by Gasteiger charge is -2.17. The van der Waals surface area contributed by atoms with Crippen LogP contribution >= 0.6 is 0 Å². The van der Waals surface area contributed by atoms with Gasteiger partial charge in [-0.05, 0) is 37.8 Å². The van der Waals surface area contributed by atoms with Gasteiger partial charge in [0.1, 0.15) is 0 Å². The van der Waals surface area contributed by atoms with Gasteiger partial charge in [-0.2, -0.15) is 0 Å². The molecule has 150 valence electrons. The maximum absolute atomic E-state index is 13.4. The summed E-state index contributed by atoms with van der Waals surface area (Å²) in [5.41, 5.74) is 0.986. The Morgan fingerprint density at radius 2 is 1.96 bits per heavy atom. The van der Waals surface area contributed by atoms with Gasteiger partial charge in [0.05, 0.1) is 5.69 Å². The second-order valence-corrected chi connectivity index (χ2v) is 6.89. The van der Waals surface area contributed by atoms with E-state index in [1.807, 2.05) is 0 Å². The van der Waals surface area contributed by atoms with Crippen molar-refractivity contribution in [3.05, 3.63) is 47.0 Å². The molecule has 0 saturated heterocycles. The van der Waals surface area contributed by atoms with E-state index in [2.05, 4.69) is 22.5 Å². The molecule has 2 amide bonds. The molecule has 0 bridgehead atoms. The number of hydrogen-bond donors (Lipinski definition) is 2. The van der Waals surface area contributed by atoms with Gasteiger partial charge in [-0.1, -0.05) is 19.8 Å². The van der Waals surface area contributed by atoms with Gasteiger partial charge < -0.3 is 15.2 Å². The van der Waals surface area contributed by atoms with Gasteiger partial charge >= 0.3 is 0 Å². The fourth-order valence-corrected chi connectivity index (χ4v) is 3.32. The molecule has 6 nitrogen and oxygen atoms in total. The normalized spacial score (nSPS) is 13.1. The zero-order chi connectivity index (χ0) is 20.1. The zero-order valence-corrected chi connectivity index (χ0v) is 15.9. The van der Waals surface area contributed by atoms with Gasteiger partial charge in [-0.15, -0.1) is 0 Å². The summed E-state index contributed by atoms with van der Waals surface area (Å²) in [6, 6.07) is 3.14. The quantitative estimate of drug-likeness (QED) is 0.709. The maximum atomic E-state index is 13.4. The van der Waals surface area contributed by atoms with Gasteiger partial charge in [0.15, 0.2) is 23.2 Å². The van der Waals surface area contributed by atoms with Crippen LogP contribution in [0.1, 0.15) is 65.8 Å². The second kappa shape index (κ2) is 8.95. The highest BCUT2D eigenvalue weighted by atomic mass is 19.2. The molecule has 0 atom stereocenters. The smallest absolute Gasteiger partial charge is 0.287 e. The highest BCUT2D eigenvalue weighted by Crippen LogP contribution is 2.22. The maximum Gasteiger partial charge on any atom is 0.287 e. The second-order valence-electron chi connectivity index (χ2n) is 6.89. The molecular weight excluding hydrogens is 366 g/mol. The number of imidazole rings is 1. The number of nitrogens with zero attached hydrogens (tertiary/aromatic N) is 2. The number of benzene rings is 1. The number of carbonyl (C=O) groups excluding carboxylic acids is 2. The van der Waals surface area contributed by atoms with Crippen LogP contribution < -0.4 is 10.6 Å². The van der Waals surface area contributed by atoms with E-state index < -0.39 is 17.5 Å². The van der Waals surface area contributed by atoms with Crippen molar-refractivity contribution in [2.75, 3.05) is 11.9 Å². The summed E-state index contributed by atoms with van der Waals surface area (Å²) in [6.45, 7) is 3.27. The lowest BCUT2D eigenvalue weighted by Crippen LogP contribution is -2.28. The predicted molar refractivity (Wildman–Crippen MR) is 101 cm³/mol. The van der Waals surface area contributed by atoms with E-state index in [1.54, 1.807) is 4.57 Å². The summed E-state index contributed by atoms with van der Waals surface area (Å²) in [4.78, 5) is 29.5. The average molecular weight is 390 g/mol. The molecule has 0 unspecified atom stereocenters. The molecule has 0 saturated carbocycles. The Hall–Kier alpha value is -2.77. The molecule has 2 aromatic rings. The first-order valence-corrected chi connectivity index (χ1v) is 9.65. The Balaban J connectivity index is 1.80. The van der Waals surface area contributed by atoms with Gasteiger partial charge in [0.25, 0.3) is 11.8 Å². The topological polar surface area (TPSA) is 76.0 Å². The van der Waals surface area contributed by atoms with Gasteiger partial charge in [0, 0.05) is 24.8 Å². The largest absolute Gasteiger partial charge is 0.349 e. The fraction of sp³-hybridized carbons (Fsp3) is 0.450. The van der Waals surface area contributed by atoms with Crippen LogP contribution in [0.25, 0.3) is 0 Å². The molecule has 0 radical (unpaired) electrons. The van der Waals surface area contributed by atoms with Gasteiger partial charge in [-0.3, -0.25) is 9.59 Å². The monoisotopic (exact) mass is 390 g/mol. The van der Waals surface area contributed by atoms with Crippen molar-refractivity contribution in [1.29, 1.82) is 0 Å². The first kappa shape index (κ1) is 20.0. The number of fused-ring (bicyclic) bond motifs is 1. The Labute approximate surface area is 162 Å². The Kier molecular flexibility index (Phi) is 6.38. The minimum absolute atomic E-state index is 0.132. The predicted octanol–water partition coefficient (Wildman–Crippen LogP) is 3.67. The van der Waals surface area contributed by atoms with Gasteiger partial charge in [0.2, 0.25) is 0 Å². The van der Waals surface area contributed by atoms with Crippen LogP contribution in [0.5, 0.6) is 0 Å². The molecule has 2 N–H and O–H groups in total. The molecule has 2 heterocycles. The number of hydrogen-bond acceptors (Lipinski definition) is 3. The molecular formula is C20H24F2N4O2. The van der Waals surface area contributed by atoms with Crippen LogP contribution in [0.15, 0.2) is 18.2 Å². The number of unbranched alkanes of at least 4 members (excludes halogenated alkanes) is 2. The molecule has 0 spiro atoms. The first-order valence-electron chi connectivity index (χ1n) is 9.65. The van der Waals surface area contributed by atoms with E-state index >= 15 is 0 Å². The number of anilines is 1. The Bertz CT molecular complexity index is 879. The zero-order valence-electron chi connectivity index (χ0n) is 15.9. The van der Waals surface area contributed by atoms with Crippen LogP contribution in [-0.4, -0.2) is 27.9 Å². The minimum atomic E-state index is -1.04. The van der Waals surface area contributed by atoms with Crippen molar-refractivity contribution in [1.82, 2.24) is 14.9 Å². The molecule has 1 aromatic heterocycles. The third kappa shape index (κ3) is 4.37. The minimum Gasteiger partial charge on any atom is -0.349 e. The molecule has 3 rings (SSSR count). The molecule has 0 aliphatic carbocycles. The van der Waals surface area contributed by atoms with Crippen LogP contribution in [-0.2, 0) is 13.0 Å². The summed E-state index contributed by atoms with van der Waals surface area (Å²) in [7, 11) is 0. The SMILES string of the molecule is CCCCCNC(=O)c1nc(C(=O)Nc2ccc(F)c(F)c2)c2n1CCCC2. The van der Waals surface area contributed by atoms with E-state index in [-0.39, 0.29) is 23.1 Å². The summed E-state index contributed by atoms with van der Waals surface area (Å²) in [5, 5.41) is 5.39. The Morgan fingerprint density at radius 3 is 2.71 bits per heavy atom. The van der Waals surface area contributed by atoms with Crippen molar-refractivity contribution < 1.29 is 18.4 Å². The number of halogens is 2. The van der Waals surface area contributed by atoms with Crippen molar-refractivity contribution in [3.63, 3.8) is 0 Å². The van der Waals surface area contributed by atoms with Gasteiger partial charge in [-0.25, -0.2) is 13.8 Å². The van der Waals surface area contributed by atoms with E-state index in [4.69, 9.17) is 0 Å². The van der Waals surface area contributed by atoms with Crippen molar-refractivity contribution >= 4 is 17.5 Å². The van der Waals surface area contributed by atoms with Crippen LogP contribution in [0, 0.1) is 11.6 Å². The molecule has 8 heteroatoms. The molecule has 0 fully saturated rings. The molecule has 1 aliphatic heterocycles. The van der Waals surface area contributed by atoms with Crippen molar-refractivity contribution in [2.45, 2.75) is 52.0 Å². The van der Waals surface area contributed by atoms with E-state index in [9.17, 15) is 18.4 Å². The lowest BCUT2D eigenvalue weighted by atomic mass is 10.1. The summed E-state index contributed by atoms with van der Waals surface area (Å²) < 4.78 is 28.3. The number of nitrogens with one attached hydrogen (secondary N) is 2. The van der Waals surface area contributed by atoms with Crippen molar-refractivity contribution in [3.8, 4) is 0 Å². The average Bonchev–Trinajstić information content (AvgIpc) is 3.08. The van der Waals surface area contributed by atoms with E-state index in [1.165, 1.54) is 6.07 Å². The van der Waals surface area contributed by atoms with E-state index in [0.29, 0.717) is 25.2 Å². The molecule has 28 heavy (non-hydrogen) atoms. The molecule has 1 aliphatic rings. The summed E-state index contributed by atoms with van der Waals surface area (Å²) in [6.07, 6.45) is 5.42. The summed E-state index contributed by atoms with van der Waals surface area (Å²) >= 11 is 0. The third-order valence-electron chi connectivity index (χ3n) is 4.78. The first-order chi connectivity index (χ1) is 13.5. The summed E-state index contributed by atoms with van der Waals surface area (Å²) in [5.74, 6) is -2.65. The van der Waals surface area contributed by atoms with E-state index in [0.717, 1.165) is 44.2 Å². The number of carbonyl (C=O) groups is 2. The van der Waals surface area contributed by atoms with Crippen LogP contribution in [0.4, 0.5) is 14.5 Å².